The van der Waals surface area contributed by atoms with Crippen molar-refractivity contribution in [2.45, 2.75) is 25.3 Å². The monoisotopic (exact) mass is 360 g/mol. The van der Waals surface area contributed by atoms with Gasteiger partial charge in [-0.2, -0.15) is 0 Å². The lowest BCUT2D eigenvalue weighted by Gasteiger charge is -2.19. The molecule has 0 spiro atoms. The highest BCUT2D eigenvalue weighted by atomic mass is 16.5. The molecule has 5 rings (SSSR count). The molecule has 0 atom stereocenters. The van der Waals surface area contributed by atoms with E-state index in [9.17, 15) is 0 Å². The Kier molecular flexibility index (Phi) is 4.14. The van der Waals surface area contributed by atoms with E-state index in [4.69, 9.17) is 4.52 Å². The number of nitrogens with zero attached hydrogens (tertiary/aromatic N) is 5. The molecular formula is C20H20N6O. The highest BCUT2D eigenvalue weighted by molar-refractivity contribution is 5.94. The van der Waals surface area contributed by atoms with Crippen molar-refractivity contribution in [1.82, 2.24) is 30.5 Å². The first-order valence-corrected chi connectivity index (χ1v) is 9.26. The van der Waals surface area contributed by atoms with E-state index < -0.39 is 0 Å². The minimum Gasteiger partial charge on any atom is -0.359 e. The Labute approximate surface area is 156 Å². The molecule has 1 fully saturated rings. The third-order valence-corrected chi connectivity index (χ3v) is 5.14. The predicted octanol–water partition coefficient (Wildman–Crippen LogP) is 3.00. The first-order valence-electron chi connectivity index (χ1n) is 9.26. The molecule has 1 aliphatic rings. The van der Waals surface area contributed by atoms with Gasteiger partial charge in [0.05, 0.1) is 11.9 Å². The van der Waals surface area contributed by atoms with Crippen molar-refractivity contribution in [2.75, 3.05) is 13.1 Å². The summed E-state index contributed by atoms with van der Waals surface area (Å²) in [5.41, 5.74) is 2.83. The summed E-state index contributed by atoms with van der Waals surface area (Å²) in [6.07, 6.45) is 7.83. The van der Waals surface area contributed by atoms with Crippen LogP contribution in [0, 0.1) is 0 Å². The van der Waals surface area contributed by atoms with Gasteiger partial charge in [0.25, 0.3) is 0 Å². The van der Waals surface area contributed by atoms with Crippen LogP contribution < -0.4 is 5.32 Å². The summed E-state index contributed by atoms with van der Waals surface area (Å²) in [6.45, 7) is 2.60. The first kappa shape index (κ1) is 16.1. The van der Waals surface area contributed by atoms with Crippen LogP contribution in [0.3, 0.4) is 0 Å². The molecule has 7 nitrogen and oxygen atoms in total. The third kappa shape index (κ3) is 3.21. The number of benzene rings is 1. The van der Waals surface area contributed by atoms with E-state index in [1.54, 1.807) is 4.68 Å². The van der Waals surface area contributed by atoms with E-state index in [1.165, 1.54) is 0 Å². The van der Waals surface area contributed by atoms with Crippen molar-refractivity contribution in [3.05, 3.63) is 60.4 Å². The summed E-state index contributed by atoms with van der Waals surface area (Å²) in [7, 11) is 0. The fraction of sp³-hybridized carbons (Fsp3) is 0.300. The highest BCUT2D eigenvalue weighted by Crippen LogP contribution is 2.27. The van der Waals surface area contributed by atoms with Crippen molar-refractivity contribution < 1.29 is 4.52 Å². The molecule has 136 valence electrons. The van der Waals surface area contributed by atoms with E-state index in [0.29, 0.717) is 12.5 Å². The number of nitrogens with one attached hydrogen (secondary N) is 1. The maximum absolute atomic E-state index is 5.54. The zero-order chi connectivity index (χ0) is 18.1. The number of pyridine rings is 1. The molecule has 7 heteroatoms. The van der Waals surface area contributed by atoms with Crippen molar-refractivity contribution >= 4 is 10.8 Å². The van der Waals surface area contributed by atoms with Crippen LogP contribution in [0.2, 0.25) is 0 Å². The lowest BCUT2D eigenvalue weighted by Crippen LogP contribution is -2.26. The Hall–Kier alpha value is -3.06. The molecule has 1 saturated heterocycles. The van der Waals surface area contributed by atoms with Gasteiger partial charge < -0.3 is 9.84 Å². The normalized spacial score (nSPS) is 15.4. The molecule has 0 saturated carbocycles. The van der Waals surface area contributed by atoms with E-state index >= 15 is 0 Å². The molecule has 0 bridgehead atoms. The lowest BCUT2D eigenvalue weighted by atomic mass is 9.95. The molecule has 27 heavy (non-hydrogen) atoms. The molecule has 0 amide bonds. The largest absolute Gasteiger partial charge is 0.359 e. The van der Waals surface area contributed by atoms with Gasteiger partial charge in [-0.3, -0.25) is 4.98 Å². The van der Waals surface area contributed by atoms with Crippen LogP contribution in [-0.4, -0.2) is 38.2 Å². The highest BCUT2D eigenvalue weighted by Gasteiger charge is 2.19. The number of piperidine rings is 1. The van der Waals surface area contributed by atoms with Crippen LogP contribution in [-0.2, 0) is 6.54 Å². The standard InChI is InChI=1S/C20H20N6O/c1-2-4-17-15(3-1)10-22-11-18(17)20-13-26(25-23-20)12-16-9-19(24-27-16)14-5-7-21-8-6-14/h1-4,9-11,13-14,21H,5-8,12H2. The summed E-state index contributed by atoms with van der Waals surface area (Å²) in [5, 5.41) is 18.4. The molecule has 1 aliphatic heterocycles. The second kappa shape index (κ2) is 6.92. The molecule has 0 unspecified atom stereocenters. The zero-order valence-corrected chi connectivity index (χ0v) is 14.9. The van der Waals surface area contributed by atoms with Crippen LogP contribution in [0.25, 0.3) is 22.0 Å². The molecule has 0 aliphatic carbocycles. The van der Waals surface area contributed by atoms with Crippen LogP contribution in [0.15, 0.2) is 53.4 Å². The Morgan fingerprint density at radius 1 is 1.15 bits per heavy atom. The average Bonchev–Trinajstić information content (AvgIpc) is 3.38. The van der Waals surface area contributed by atoms with Crippen molar-refractivity contribution in [1.29, 1.82) is 0 Å². The van der Waals surface area contributed by atoms with Crippen molar-refractivity contribution in [3.8, 4) is 11.3 Å². The fourth-order valence-corrected chi connectivity index (χ4v) is 3.69. The summed E-state index contributed by atoms with van der Waals surface area (Å²) in [5.74, 6) is 1.29. The van der Waals surface area contributed by atoms with Gasteiger partial charge in [-0.1, -0.05) is 34.6 Å². The van der Waals surface area contributed by atoms with Crippen LogP contribution in [0.5, 0.6) is 0 Å². The molecule has 4 aromatic rings. The van der Waals surface area contributed by atoms with E-state index in [0.717, 1.165) is 59.4 Å². The number of fused-ring (bicyclic) bond motifs is 1. The van der Waals surface area contributed by atoms with Gasteiger partial charge in [0, 0.05) is 35.3 Å². The topological polar surface area (TPSA) is 81.7 Å². The summed E-state index contributed by atoms with van der Waals surface area (Å²) >= 11 is 0. The van der Waals surface area contributed by atoms with Crippen LogP contribution in [0.4, 0.5) is 0 Å². The van der Waals surface area contributed by atoms with E-state index in [2.05, 4.69) is 37.9 Å². The number of rotatable bonds is 4. The Bertz CT molecular complexity index is 1060. The molecule has 1 N–H and O–H groups in total. The molecule has 0 radical (unpaired) electrons. The molecule has 4 heterocycles. The Morgan fingerprint density at radius 3 is 2.96 bits per heavy atom. The average molecular weight is 360 g/mol. The summed E-state index contributed by atoms with van der Waals surface area (Å²) < 4.78 is 7.32. The van der Waals surface area contributed by atoms with Gasteiger partial charge in [-0.15, -0.1) is 5.10 Å². The van der Waals surface area contributed by atoms with Crippen molar-refractivity contribution in [3.63, 3.8) is 0 Å². The second-order valence-corrected chi connectivity index (χ2v) is 6.95. The third-order valence-electron chi connectivity index (χ3n) is 5.14. The predicted molar refractivity (Wildman–Crippen MR) is 101 cm³/mol. The summed E-state index contributed by atoms with van der Waals surface area (Å²) in [6, 6.07) is 10.2. The molecular weight excluding hydrogens is 340 g/mol. The quantitative estimate of drug-likeness (QED) is 0.602. The number of hydrogen-bond donors (Lipinski definition) is 1. The minimum absolute atomic E-state index is 0.483. The minimum atomic E-state index is 0.483. The Balaban J connectivity index is 1.37. The summed E-state index contributed by atoms with van der Waals surface area (Å²) in [4.78, 5) is 4.33. The maximum Gasteiger partial charge on any atom is 0.158 e. The van der Waals surface area contributed by atoms with Gasteiger partial charge in [0.15, 0.2) is 5.76 Å². The molecule has 3 aromatic heterocycles. The molecule has 1 aromatic carbocycles. The van der Waals surface area contributed by atoms with Gasteiger partial charge in [-0.25, -0.2) is 4.68 Å². The van der Waals surface area contributed by atoms with E-state index in [-0.39, 0.29) is 0 Å². The fourth-order valence-electron chi connectivity index (χ4n) is 3.69. The SMILES string of the molecule is c1ccc2c(-c3cn(Cc4cc(C5CCNCC5)no4)nn3)cncc2c1. The second-order valence-electron chi connectivity index (χ2n) is 6.95. The lowest BCUT2D eigenvalue weighted by molar-refractivity contribution is 0.352. The maximum atomic E-state index is 5.54. The van der Waals surface area contributed by atoms with E-state index in [1.807, 2.05) is 36.8 Å². The van der Waals surface area contributed by atoms with Crippen molar-refractivity contribution in [2.24, 2.45) is 0 Å². The number of aromatic nitrogens is 5. The van der Waals surface area contributed by atoms with Gasteiger partial charge in [-0.05, 0) is 31.3 Å². The first-order chi connectivity index (χ1) is 13.4. The number of hydrogen-bond acceptors (Lipinski definition) is 6. The Morgan fingerprint density at radius 2 is 2.04 bits per heavy atom. The van der Waals surface area contributed by atoms with Crippen LogP contribution in [0.1, 0.15) is 30.2 Å². The van der Waals surface area contributed by atoms with Gasteiger partial charge >= 0.3 is 0 Å². The smallest absolute Gasteiger partial charge is 0.158 e. The van der Waals surface area contributed by atoms with Gasteiger partial charge in [0.1, 0.15) is 12.2 Å². The van der Waals surface area contributed by atoms with Gasteiger partial charge in [0.2, 0.25) is 0 Å². The zero-order valence-electron chi connectivity index (χ0n) is 14.9. The van der Waals surface area contributed by atoms with Crippen LogP contribution >= 0.6 is 0 Å².